The van der Waals surface area contributed by atoms with Crippen molar-refractivity contribution in [2.45, 2.75) is 32.9 Å². The van der Waals surface area contributed by atoms with Gasteiger partial charge in [0.25, 0.3) is 5.56 Å². The second-order valence-corrected chi connectivity index (χ2v) is 9.27. The average Bonchev–Trinajstić information content (AvgIpc) is 3.10. The summed E-state index contributed by atoms with van der Waals surface area (Å²) < 4.78 is 10.1. The number of anilines is 2. The maximum absolute atomic E-state index is 13.7. The van der Waals surface area contributed by atoms with Crippen LogP contribution >= 0.6 is 23.2 Å². The number of rotatable bonds is 5. The van der Waals surface area contributed by atoms with Crippen LogP contribution in [0.4, 0.5) is 11.6 Å². The molecule has 0 unspecified atom stereocenters. The van der Waals surface area contributed by atoms with Crippen LogP contribution in [0.2, 0.25) is 10.0 Å². The molecule has 2 aromatic heterocycles. The fourth-order valence-corrected chi connectivity index (χ4v) is 5.05. The molecule has 2 aromatic carbocycles. The molecule has 0 N–H and O–H groups in total. The van der Waals surface area contributed by atoms with Gasteiger partial charge in [-0.15, -0.1) is 0 Å². The van der Waals surface area contributed by atoms with E-state index in [4.69, 9.17) is 32.9 Å². The molecule has 1 aliphatic rings. The normalized spacial score (nSPS) is 13.7. The Kier molecular flexibility index (Phi) is 6.34. The maximum atomic E-state index is 13.7. The Labute approximate surface area is 211 Å². The van der Waals surface area contributed by atoms with Crippen LogP contribution in [0.5, 0.6) is 5.75 Å². The molecule has 5 rings (SSSR count). The van der Waals surface area contributed by atoms with Crippen molar-refractivity contribution >= 4 is 46.0 Å². The molecule has 182 valence electrons. The topological polar surface area (TPSA) is 74.3 Å². The van der Waals surface area contributed by atoms with Crippen molar-refractivity contribution in [2.24, 2.45) is 7.05 Å². The summed E-state index contributed by atoms with van der Waals surface area (Å²) in [5.41, 5.74) is 1.34. The SMILES string of the molecule is CCOc1ccc(N2CCCCn3c2nc2c3c(=O)n(Cc3c(Cl)cccc3Cl)c(=O)n2C)cc1. The molecule has 0 aliphatic carbocycles. The quantitative estimate of drug-likeness (QED) is 0.390. The van der Waals surface area contributed by atoms with Gasteiger partial charge < -0.3 is 14.2 Å². The first kappa shape index (κ1) is 23.5. The van der Waals surface area contributed by atoms with Gasteiger partial charge in [0.15, 0.2) is 11.2 Å². The molecule has 3 heterocycles. The van der Waals surface area contributed by atoms with Crippen molar-refractivity contribution in [3.05, 3.63) is 78.9 Å². The molecule has 0 radical (unpaired) electrons. The lowest BCUT2D eigenvalue weighted by Gasteiger charge is -2.22. The standard InChI is InChI=1S/C25H25Cl2N5O3/c1-3-35-17-11-9-16(10-12-17)30-13-4-5-14-31-21-22(28-24(30)31)29(2)25(34)32(23(21)33)15-18-19(26)7-6-8-20(18)27/h6-12H,3-5,13-15H2,1-2H3. The Morgan fingerprint density at radius 1 is 1.00 bits per heavy atom. The van der Waals surface area contributed by atoms with E-state index in [0.29, 0.717) is 45.9 Å². The lowest BCUT2D eigenvalue weighted by Crippen LogP contribution is -2.40. The lowest BCUT2D eigenvalue weighted by atomic mass is 10.2. The number of imidazole rings is 1. The highest BCUT2D eigenvalue weighted by molar-refractivity contribution is 6.35. The predicted molar refractivity (Wildman–Crippen MR) is 139 cm³/mol. The van der Waals surface area contributed by atoms with Crippen molar-refractivity contribution in [3.63, 3.8) is 0 Å². The number of hydrogen-bond donors (Lipinski definition) is 0. The number of halogens is 2. The second-order valence-electron chi connectivity index (χ2n) is 8.45. The zero-order valence-corrected chi connectivity index (χ0v) is 21.0. The van der Waals surface area contributed by atoms with Crippen LogP contribution in [0.15, 0.2) is 52.1 Å². The van der Waals surface area contributed by atoms with Crippen LogP contribution in [0.25, 0.3) is 11.2 Å². The van der Waals surface area contributed by atoms with Gasteiger partial charge in [0, 0.05) is 41.4 Å². The third-order valence-electron chi connectivity index (χ3n) is 6.30. The predicted octanol–water partition coefficient (Wildman–Crippen LogP) is 4.58. The van der Waals surface area contributed by atoms with Crippen LogP contribution in [0, 0.1) is 0 Å². The monoisotopic (exact) mass is 513 g/mol. The molecule has 4 aromatic rings. The van der Waals surface area contributed by atoms with Crippen LogP contribution in [0.3, 0.4) is 0 Å². The summed E-state index contributed by atoms with van der Waals surface area (Å²) in [5.74, 6) is 1.44. The molecular weight excluding hydrogens is 489 g/mol. The number of ether oxygens (including phenoxy) is 1. The van der Waals surface area contributed by atoms with E-state index < -0.39 is 11.2 Å². The highest BCUT2D eigenvalue weighted by Gasteiger charge is 2.26. The Balaban J connectivity index is 1.67. The van der Waals surface area contributed by atoms with Gasteiger partial charge in [0.1, 0.15) is 5.75 Å². The van der Waals surface area contributed by atoms with Crippen LogP contribution in [0.1, 0.15) is 25.3 Å². The van der Waals surface area contributed by atoms with E-state index in [1.807, 2.05) is 35.8 Å². The minimum absolute atomic E-state index is 0.0247. The number of fused-ring (bicyclic) bond motifs is 3. The van der Waals surface area contributed by atoms with Gasteiger partial charge in [-0.1, -0.05) is 29.3 Å². The largest absolute Gasteiger partial charge is 0.494 e. The summed E-state index contributed by atoms with van der Waals surface area (Å²) in [7, 11) is 1.63. The number of aryl methyl sites for hydroxylation is 2. The molecule has 0 saturated heterocycles. The number of nitrogens with zero attached hydrogens (tertiary/aromatic N) is 5. The van der Waals surface area contributed by atoms with Gasteiger partial charge in [-0.3, -0.25) is 13.9 Å². The minimum atomic E-state index is -0.473. The van der Waals surface area contributed by atoms with E-state index in [1.165, 1.54) is 9.13 Å². The van der Waals surface area contributed by atoms with E-state index in [9.17, 15) is 9.59 Å². The smallest absolute Gasteiger partial charge is 0.332 e. The zero-order chi connectivity index (χ0) is 24.7. The Morgan fingerprint density at radius 2 is 1.69 bits per heavy atom. The first-order valence-electron chi connectivity index (χ1n) is 11.5. The molecule has 8 nitrogen and oxygen atoms in total. The maximum Gasteiger partial charge on any atom is 0.332 e. The van der Waals surface area contributed by atoms with Crippen molar-refractivity contribution in [2.75, 3.05) is 18.1 Å². The Bertz CT molecular complexity index is 1500. The van der Waals surface area contributed by atoms with E-state index in [0.717, 1.165) is 30.8 Å². The van der Waals surface area contributed by atoms with Gasteiger partial charge in [0.05, 0.1) is 13.2 Å². The number of aromatic nitrogens is 4. The summed E-state index contributed by atoms with van der Waals surface area (Å²) in [6.45, 7) is 3.89. The molecule has 10 heteroatoms. The molecule has 0 spiro atoms. The average molecular weight is 514 g/mol. The first-order valence-corrected chi connectivity index (χ1v) is 12.3. The molecule has 0 atom stereocenters. The second kappa shape index (κ2) is 9.43. The molecule has 0 fully saturated rings. The van der Waals surface area contributed by atoms with E-state index in [-0.39, 0.29) is 6.54 Å². The fourth-order valence-electron chi connectivity index (χ4n) is 4.53. The highest BCUT2D eigenvalue weighted by Crippen LogP contribution is 2.31. The van der Waals surface area contributed by atoms with Gasteiger partial charge >= 0.3 is 5.69 Å². The Morgan fingerprint density at radius 3 is 2.37 bits per heavy atom. The lowest BCUT2D eigenvalue weighted by molar-refractivity contribution is 0.340. The van der Waals surface area contributed by atoms with E-state index >= 15 is 0 Å². The molecular formula is C25H25Cl2N5O3. The van der Waals surface area contributed by atoms with Crippen molar-refractivity contribution in [3.8, 4) is 5.75 Å². The summed E-state index contributed by atoms with van der Waals surface area (Å²) in [6, 6.07) is 12.9. The molecule has 0 saturated carbocycles. The van der Waals surface area contributed by atoms with Gasteiger partial charge in [-0.25, -0.2) is 4.79 Å². The Hall–Kier alpha value is -3.23. The summed E-state index contributed by atoms with van der Waals surface area (Å²) in [5, 5.41) is 0.806. The van der Waals surface area contributed by atoms with Crippen LogP contribution in [-0.2, 0) is 20.1 Å². The van der Waals surface area contributed by atoms with E-state index in [2.05, 4.69) is 4.90 Å². The van der Waals surface area contributed by atoms with Gasteiger partial charge in [-0.2, -0.15) is 4.98 Å². The fraction of sp³-hybridized carbons (Fsp3) is 0.320. The van der Waals surface area contributed by atoms with Crippen LogP contribution in [-0.4, -0.2) is 31.8 Å². The van der Waals surface area contributed by atoms with Crippen LogP contribution < -0.4 is 20.9 Å². The van der Waals surface area contributed by atoms with Gasteiger partial charge in [0.2, 0.25) is 5.95 Å². The summed E-state index contributed by atoms with van der Waals surface area (Å²) in [4.78, 5) is 33.8. The molecule has 0 amide bonds. The highest BCUT2D eigenvalue weighted by atomic mass is 35.5. The molecule has 35 heavy (non-hydrogen) atoms. The third kappa shape index (κ3) is 4.10. The van der Waals surface area contributed by atoms with E-state index in [1.54, 1.807) is 25.2 Å². The first-order chi connectivity index (χ1) is 16.9. The zero-order valence-electron chi connectivity index (χ0n) is 19.5. The third-order valence-corrected chi connectivity index (χ3v) is 7.01. The van der Waals surface area contributed by atoms with Gasteiger partial charge in [-0.05, 0) is 56.2 Å². The molecule has 1 aliphatic heterocycles. The van der Waals surface area contributed by atoms with Crippen molar-refractivity contribution in [1.82, 2.24) is 18.7 Å². The minimum Gasteiger partial charge on any atom is -0.494 e. The number of benzene rings is 2. The summed E-state index contributed by atoms with van der Waals surface area (Å²) in [6.07, 6.45) is 1.82. The van der Waals surface area contributed by atoms with Crippen molar-refractivity contribution < 1.29 is 4.74 Å². The number of hydrogen-bond acceptors (Lipinski definition) is 5. The summed E-state index contributed by atoms with van der Waals surface area (Å²) >= 11 is 12.7. The van der Waals surface area contributed by atoms with Crippen molar-refractivity contribution in [1.29, 1.82) is 0 Å². The molecule has 0 bridgehead atoms.